The standard InChI is InChI=1S/C21H23FO5/c1-25-20-16(22)18(26-12-13-8-4-2-5-9-13)21(24)15(17(23)19(21)27-20)14-10-6-3-7-11-14/h2-11,15-20,23-24H,12H2,1H3/t15?,16-,17?,18-,19-,20+,21+/m1/s1. The largest absolute Gasteiger partial charge is 0.390 e. The van der Waals surface area contributed by atoms with E-state index in [1.54, 1.807) is 12.1 Å². The number of alkyl halides is 1. The molecule has 2 aliphatic rings. The van der Waals surface area contributed by atoms with Gasteiger partial charge in [0.25, 0.3) is 0 Å². The summed E-state index contributed by atoms with van der Waals surface area (Å²) in [6, 6.07) is 18.4. The Morgan fingerprint density at radius 3 is 2.33 bits per heavy atom. The topological polar surface area (TPSA) is 68.2 Å². The van der Waals surface area contributed by atoms with Crippen LogP contribution in [0.5, 0.6) is 0 Å². The number of aliphatic hydroxyl groups is 2. The molecule has 0 bridgehead atoms. The first-order valence-electron chi connectivity index (χ1n) is 9.00. The number of benzene rings is 2. The quantitative estimate of drug-likeness (QED) is 0.840. The molecule has 2 unspecified atom stereocenters. The van der Waals surface area contributed by atoms with Crippen LogP contribution in [0.1, 0.15) is 17.0 Å². The lowest BCUT2D eigenvalue weighted by molar-refractivity contribution is -0.381. The van der Waals surface area contributed by atoms with Crippen molar-refractivity contribution in [2.45, 2.75) is 48.9 Å². The number of fused-ring (bicyclic) bond motifs is 1. The molecule has 0 spiro atoms. The van der Waals surface area contributed by atoms with Crippen molar-refractivity contribution in [1.82, 2.24) is 0 Å². The van der Waals surface area contributed by atoms with Crippen LogP contribution in [0.2, 0.25) is 0 Å². The molecule has 2 N–H and O–H groups in total. The van der Waals surface area contributed by atoms with Crippen molar-refractivity contribution in [3.8, 4) is 0 Å². The summed E-state index contributed by atoms with van der Waals surface area (Å²) < 4.78 is 31.6. The molecule has 2 aromatic rings. The summed E-state index contributed by atoms with van der Waals surface area (Å²) in [5, 5.41) is 22.0. The Kier molecular flexibility index (Phi) is 5.01. The Labute approximate surface area is 157 Å². The number of halogens is 1. The van der Waals surface area contributed by atoms with E-state index >= 15 is 4.39 Å². The second kappa shape index (κ2) is 7.30. The highest BCUT2D eigenvalue weighted by atomic mass is 19.1. The Morgan fingerprint density at radius 1 is 1.07 bits per heavy atom. The average Bonchev–Trinajstić information content (AvgIpc) is 2.69. The molecule has 1 aliphatic heterocycles. The summed E-state index contributed by atoms with van der Waals surface area (Å²) in [5.74, 6) is -0.708. The molecule has 1 saturated carbocycles. The second-order valence-corrected chi connectivity index (χ2v) is 7.09. The smallest absolute Gasteiger partial charge is 0.191 e. The van der Waals surface area contributed by atoms with Gasteiger partial charge in [-0.25, -0.2) is 4.39 Å². The third-order valence-electron chi connectivity index (χ3n) is 5.55. The molecule has 0 amide bonds. The molecule has 2 fully saturated rings. The minimum atomic E-state index is -1.70. The van der Waals surface area contributed by atoms with E-state index in [-0.39, 0.29) is 6.61 Å². The molecule has 2 aromatic carbocycles. The Balaban J connectivity index is 1.64. The number of methoxy groups -OCH3 is 1. The molecular weight excluding hydrogens is 351 g/mol. The molecular formula is C21H23FO5. The van der Waals surface area contributed by atoms with Gasteiger partial charge in [-0.3, -0.25) is 0 Å². The summed E-state index contributed by atoms with van der Waals surface area (Å²) in [5.41, 5.74) is -0.116. The van der Waals surface area contributed by atoms with Crippen molar-refractivity contribution in [3.63, 3.8) is 0 Å². The lowest BCUT2D eigenvalue weighted by Crippen LogP contribution is -2.80. The zero-order valence-corrected chi connectivity index (χ0v) is 14.9. The zero-order valence-electron chi connectivity index (χ0n) is 14.9. The average molecular weight is 374 g/mol. The van der Waals surface area contributed by atoms with Crippen LogP contribution in [0.4, 0.5) is 4.39 Å². The van der Waals surface area contributed by atoms with E-state index in [4.69, 9.17) is 14.2 Å². The van der Waals surface area contributed by atoms with Gasteiger partial charge in [0.05, 0.1) is 12.7 Å². The number of hydrogen-bond donors (Lipinski definition) is 2. The van der Waals surface area contributed by atoms with Gasteiger partial charge in [0.2, 0.25) is 0 Å². The highest BCUT2D eigenvalue weighted by Crippen LogP contribution is 2.55. The summed E-state index contributed by atoms with van der Waals surface area (Å²) in [6.45, 7) is 0.134. The van der Waals surface area contributed by atoms with Crippen LogP contribution in [0, 0.1) is 0 Å². The normalized spacial score (nSPS) is 38.1. The molecule has 0 aromatic heterocycles. The van der Waals surface area contributed by atoms with Gasteiger partial charge in [0.1, 0.15) is 17.8 Å². The van der Waals surface area contributed by atoms with Gasteiger partial charge in [-0.05, 0) is 11.1 Å². The summed E-state index contributed by atoms with van der Waals surface area (Å²) in [4.78, 5) is 0. The summed E-state index contributed by atoms with van der Waals surface area (Å²) in [7, 11) is 1.33. The fourth-order valence-corrected chi connectivity index (χ4v) is 4.22. The van der Waals surface area contributed by atoms with Gasteiger partial charge in [0.15, 0.2) is 12.5 Å². The summed E-state index contributed by atoms with van der Waals surface area (Å²) in [6.07, 6.45) is -6.07. The van der Waals surface area contributed by atoms with Gasteiger partial charge in [-0.1, -0.05) is 60.7 Å². The van der Waals surface area contributed by atoms with E-state index < -0.39 is 42.3 Å². The van der Waals surface area contributed by atoms with Gasteiger partial charge >= 0.3 is 0 Å². The predicted molar refractivity (Wildman–Crippen MR) is 95.7 cm³/mol. The van der Waals surface area contributed by atoms with E-state index in [0.717, 1.165) is 5.56 Å². The van der Waals surface area contributed by atoms with Crippen LogP contribution >= 0.6 is 0 Å². The van der Waals surface area contributed by atoms with E-state index in [1.165, 1.54) is 7.11 Å². The van der Waals surface area contributed by atoms with Crippen LogP contribution < -0.4 is 0 Å². The predicted octanol–water partition coefficient (Wildman–Crippen LogP) is 2.17. The van der Waals surface area contributed by atoms with Crippen molar-refractivity contribution in [1.29, 1.82) is 0 Å². The molecule has 1 heterocycles. The van der Waals surface area contributed by atoms with E-state index in [1.807, 2.05) is 48.5 Å². The Hall–Kier alpha value is -1.83. The van der Waals surface area contributed by atoms with E-state index in [2.05, 4.69) is 0 Å². The fraction of sp³-hybridized carbons (Fsp3) is 0.429. The third-order valence-corrected chi connectivity index (χ3v) is 5.55. The molecule has 1 saturated heterocycles. The lowest BCUT2D eigenvalue weighted by atomic mass is 9.57. The van der Waals surface area contributed by atoms with Crippen molar-refractivity contribution in [3.05, 3.63) is 71.8 Å². The van der Waals surface area contributed by atoms with E-state index in [9.17, 15) is 10.2 Å². The first-order chi connectivity index (χ1) is 13.1. The molecule has 4 rings (SSSR count). The Morgan fingerprint density at radius 2 is 1.70 bits per heavy atom. The minimum Gasteiger partial charge on any atom is -0.390 e. The van der Waals surface area contributed by atoms with Gasteiger partial charge in [0, 0.05) is 13.0 Å². The Bertz CT molecular complexity index is 758. The number of ether oxygens (including phenoxy) is 3. The van der Waals surface area contributed by atoms with Crippen LogP contribution in [0.15, 0.2) is 60.7 Å². The van der Waals surface area contributed by atoms with Gasteiger partial charge in [-0.2, -0.15) is 0 Å². The van der Waals surface area contributed by atoms with Crippen molar-refractivity contribution in [2.75, 3.05) is 7.11 Å². The van der Waals surface area contributed by atoms with Crippen LogP contribution in [-0.2, 0) is 20.8 Å². The fourth-order valence-electron chi connectivity index (χ4n) is 4.22. The highest BCUT2D eigenvalue weighted by Gasteiger charge is 2.72. The van der Waals surface area contributed by atoms with Crippen molar-refractivity contribution in [2.24, 2.45) is 0 Å². The van der Waals surface area contributed by atoms with Crippen LogP contribution in [0.3, 0.4) is 0 Å². The maximum absolute atomic E-state index is 15.1. The first kappa shape index (κ1) is 18.5. The third kappa shape index (κ3) is 2.98. The highest BCUT2D eigenvalue weighted by molar-refractivity contribution is 5.35. The monoisotopic (exact) mass is 374 g/mol. The van der Waals surface area contributed by atoms with E-state index in [0.29, 0.717) is 5.56 Å². The maximum Gasteiger partial charge on any atom is 0.191 e. The van der Waals surface area contributed by atoms with Crippen LogP contribution in [0.25, 0.3) is 0 Å². The van der Waals surface area contributed by atoms with Crippen LogP contribution in [-0.4, -0.2) is 53.7 Å². The number of aliphatic hydroxyl groups excluding tert-OH is 1. The maximum atomic E-state index is 15.1. The molecule has 6 heteroatoms. The molecule has 5 nitrogen and oxygen atoms in total. The van der Waals surface area contributed by atoms with Crippen molar-refractivity contribution < 1.29 is 28.8 Å². The number of hydrogen-bond acceptors (Lipinski definition) is 5. The SMILES string of the molecule is CO[C@H]1O[C@@H]2C(O)C(c3ccccc3)[C@]2(O)[C@H](OCc2ccccc2)[C@H]1F. The zero-order chi connectivity index (χ0) is 19.0. The van der Waals surface area contributed by atoms with Gasteiger partial charge in [-0.15, -0.1) is 0 Å². The second-order valence-electron chi connectivity index (χ2n) is 7.09. The molecule has 27 heavy (non-hydrogen) atoms. The molecule has 144 valence electrons. The molecule has 0 radical (unpaired) electrons. The minimum absolute atomic E-state index is 0.134. The summed E-state index contributed by atoms with van der Waals surface area (Å²) >= 11 is 0. The van der Waals surface area contributed by atoms with Crippen molar-refractivity contribution >= 4 is 0 Å². The van der Waals surface area contributed by atoms with Gasteiger partial charge < -0.3 is 24.4 Å². The first-order valence-corrected chi connectivity index (χ1v) is 9.00. The lowest BCUT2D eigenvalue weighted by Gasteiger charge is -2.62. The molecule has 7 atom stereocenters. The molecule has 1 aliphatic carbocycles. The number of rotatable bonds is 5.